The SMILES string of the molecule is CC1(C)C2CN(C(=O)c3ccc(/C=C\C=N)[nH]3)CC21.Cc1cccc(C)c1-c1cc(F)c(F)c(C(CC(=O)O)NC=O)c1. The number of hydrogen-bond donors (Lipinski definition) is 4. The zero-order valence-electron chi connectivity index (χ0n) is 24.6. The quantitative estimate of drug-likeness (QED) is 0.182. The molecule has 0 radical (unpaired) electrons. The van der Waals surface area contributed by atoms with Gasteiger partial charge in [-0.3, -0.25) is 14.4 Å². The smallest absolute Gasteiger partial charge is 0.305 e. The van der Waals surface area contributed by atoms with E-state index >= 15 is 0 Å². The third kappa shape index (κ3) is 6.74. The summed E-state index contributed by atoms with van der Waals surface area (Å²) in [6.07, 6.45) is 4.36. The van der Waals surface area contributed by atoms with Gasteiger partial charge in [0.15, 0.2) is 11.6 Å². The molecule has 4 N–H and O–H groups in total. The minimum absolute atomic E-state index is 0.0949. The van der Waals surface area contributed by atoms with Crippen LogP contribution in [0, 0.1) is 48.1 Å². The first-order valence-corrected chi connectivity index (χ1v) is 14.0. The highest BCUT2D eigenvalue weighted by molar-refractivity contribution is 5.93. The number of halogens is 2. The lowest BCUT2D eigenvalue weighted by Crippen LogP contribution is -2.33. The lowest BCUT2D eigenvalue weighted by atomic mass is 9.92. The van der Waals surface area contributed by atoms with Gasteiger partial charge >= 0.3 is 5.97 Å². The molecule has 1 saturated carbocycles. The maximum atomic E-state index is 14.2. The van der Waals surface area contributed by atoms with Crippen molar-refractivity contribution in [1.29, 1.82) is 5.41 Å². The second-order valence-electron chi connectivity index (χ2n) is 11.7. The lowest BCUT2D eigenvalue weighted by molar-refractivity contribution is -0.137. The molecule has 5 rings (SSSR count). The summed E-state index contributed by atoms with van der Waals surface area (Å²) in [4.78, 5) is 39.0. The van der Waals surface area contributed by atoms with Gasteiger partial charge in [-0.2, -0.15) is 0 Å². The first-order chi connectivity index (χ1) is 20.4. The van der Waals surface area contributed by atoms with Crippen molar-refractivity contribution in [2.75, 3.05) is 13.1 Å². The Labute approximate surface area is 249 Å². The number of carboxylic acid groups (broad SMARTS) is 1. The normalized spacial score (nSPS) is 18.8. The summed E-state index contributed by atoms with van der Waals surface area (Å²) in [6, 6.07) is 10.6. The van der Waals surface area contributed by atoms with Gasteiger partial charge in [-0.1, -0.05) is 32.0 Å². The molecule has 43 heavy (non-hydrogen) atoms. The number of nitrogens with one attached hydrogen (secondary N) is 3. The minimum Gasteiger partial charge on any atom is -0.481 e. The van der Waals surface area contributed by atoms with Crippen LogP contribution in [0.25, 0.3) is 17.2 Å². The van der Waals surface area contributed by atoms with E-state index in [2.05, 4.69) is 24.1 Å². The highest BCUT2D eigenvalue weighted by Crippen LogP contribution is 2.62. The summed E-state index contributed by atoms with van der Waals surface area (Å²) in [6.45, 7) is 10.1. The van der Waals surface area contributed by atoms with E-state index in [1.165, 1.54) is 12.3 Å². The number of hydrogen-bond acceptors (Lipinski definition) is 4. The highest BCUT2D eigenvalue weighted by atomic mass is 19.2. The molecule has 3 unspecified atom stereocenters. The second-order valence-corrected chi connectivity index (χ2v) is 11.7. The lowest BCUT2D eigenvalue weighted by Gasteiger charge is -2.21. The summed E-state index contributed by atoms with van der Waals surface area (Å²) >= 11 is 0. The number of carbonyl (C=O) groups excluding carboxylic acids is 2. The predicted molar refractivity (Wildman–Crippen MR) is 161 cm³/mol. The van der Waals surface area contributed by atoms with Gasteiger partial charge in [-0.25, -0.2) is 8.78 Å². The van der Waals surface area contributed by atoms with Crippen LogP contribution in [-0.4, -0.2) is 52.6 Å². The van der Waals surface area contributed by atoms with E-state index in [1.807, 2.05) is 49.1 Å². The van der Waals surface area contributed by atoms with Crippen LogP contribution < -0.4 is 5.32 Å². The number of likely N-dealkylation sites (tertiary alicyclic amines) is 1. The van der Waals surface area contributed by atoms with Crippen molar-refractivity contribution in [3.8, 4) is 11.1 Å². The van der Waals surface area contributed by atoms with Gasteiger partial charge in [0, 0.05) is 30.6 Å². The molecular formula is C33H36F2N4O4. The van der Waals surface area contributed by atoms with Crippen LogP contribution in [0.15, 0.2) is 48.5 Å². The van der Waals surface area contributed by atoms with Crippen LogP contribution in [0.1, 0.15) is 59.2 Å². The first kappa shape index (κ1) is 31.3. The molecule has 1 saturated heterocycles. The number of benzene rings is 2. The minimum atomic E-state index is -1.23. The maximum absolute atomic E-state index is 14.2. The number of carboxylic acids is 1. The number of aryl methyl sites for hydroxylation is 2. The largest absolute Gasteiger partial charge is 0.481 e. The Morgan fingerprint density at radius 2 is 1.79 bits per heavy atom. The van der Waals surface area contributed by atoms with Gasteiger partial charge in [0.05, 0.1) is 12.5 Å². The molecule has 1 aromatic heterocycles. The van der Waals surface area contributed by atoms with E-state index in [4.69, 9.17) is 10.5 Å². The Bertz CT molecular complexity index is 1540. The number of nitrogens with zero attached hydrogens (tertiary/aromatic N) is 1. The molecule has 2 heterocycles. The van der Waals surface area contributed by atoms with Crippen molar-refractivity contribution >= 4 is 30.6 Å². The molecule has 2 fully saturated rings. The van der Waals surface area contributed by atoms with Crippen LogP contribution in [0.2, 0.25) is 0 Å². The summed E-state index contributed by atoms with van der Waals surface area (Å²) in [7, 11) is 0. The topological polar surface area (TPSA) is 126 Å². The third-order valence-electron chi connectivity index (χ3n) is 8.57. The molecule has 3 atom stereocenters. The van der Waals surface area contributed by atoms with Crippen molar-refractivity contribution < 1.29 is 28.3 Å². The zero-order chi connectivity index (χ0) is 31.5. The van der Waals surface area contributed by atoms with Gasteiger partial charge in [-0.05, 0) is 89.8 Å². The monoisotopic (exact) mass is 590 g/mol. The predicted octanol–water partition coefficient (Wildman–Crippen LogP) is 5.92. The van der Waals surface area contributed by atoms with Gasteiger partial charge in [0.1, 0.15) is 5.69 Å². The number of aromatic nitrogens is 1. The van der Waals surface area contributed by atoms with Gasteiger partial charge in [0.2, 0.25) is 6.41 Å². The number of carbonyl (C=O) groups is 3. The van der Waals surface area contributed by atoms with E-state index < -0.39 is 30.1 Å². The number of fused-ring (bicyclic) bond motifs is 1. The summed E-state index contributed by atoms with van der Waals surface area (Å²) in [5, 5.41) is 18.1. The molecule has 10 heteroatoms. The summed E-state index contributed by atoms with van der Waals surface area (Å²) in [5.74, 6) is -2.02. The Kier molecular flexibility index (Phi) is 9.27. The zero-order valence-corrected chi connectivity index (χ0v) is 24.6. The average Bonchev–Trinajstić information content (AvgIpc) is 3.39. The highest BCUT2D eigenvalue weighted by Gasteiger charge is 2.62. The van der Waals surface area contributed by atoms with Crippen molar-refractivity contribution in [3.05, 3.63) is 88.3 Å². The van der Waals surface area contributed by atoms with Gasteiger partial charge < -0.3 is 25.7 Å². The fraction of sp³-hybridized carbons (Fsp3) is 0.333. The Balaban J connectivity index is 0.000000202. The van der Waals surface area contributed by atoms with Crippen molar-refractivity contribution in [3.63, 3.8) is 0 Å². The fourth-order valence-corrected chi connectivity index (χ4v) is 6.05. The molecule has 226 valence electrons. The molecule has 8 nitrogen and oxygen atoms in total. The van der Waals surface area contributed by atoms with Gasteiger partial charge in [-0.15, -0.1) is 0 Å². The van der Waals surface area contributed by atoms with E-state index in [0.29, 0.717) is 28.5 Å². The van der Waals surface area contributed by atoms with Crippen LogP contribution in [-0.2, 0) is 9.59 Å². The van der Waals surface area contributed by atoms with Crippen molar-refractivity contribution in [2.24, 2.45) is 17.3 Å². The summed E-state index contributed by atoms with van der Waals surface area (Å²) in [5.41, 5.74) is 4.68. The van der Waals surface area contributed by atoms with E-state index in [1.54, 1.807) is 12.2 Å². The van der Waals surface area contributed by atoms with Crippen molar-refractivity contribution in [2.45, 2.75) is 40.2 Å². The van der Waals surface area contributed by atoms with Gasteiger partial charge in [0.25, 0.3) is 5.91 Å². The Morgan fingerprint density at radius 1 is 1.14 bits per heavy atom. The van der Waals surface area contributed by atoms with E-state index in [-0.39, 0.29) is 17.9 Å². The van der Waals surface area contributed by atoms with Crippen LogP contribution in [0.4, 0.5) is 8.78 Å². The molecule has 2 aromatic carbocycles. The van der Waals surface area contributed by atoms with Crippen LogP contribution in [0.5, 0.6) is 0 Å². The molecule has 2 aliphatic rings. The summed E-state index contributed by atoms with van der Waals surface area (Å²) < 4.78 is 28.3. The second kappa shape index (κ2) is 12.7. The molecule has 0 spiro atoms. The molecule has 1 aliphatic carbocycles. The van der Waals surface area contributed by atoms with E-state index in [0.717, 1.165) is 41.5 Å². The number of rotatable bonds is 9. The number of aromatic amines is 1. The molecule has 2 amide bonds. The van der Waals surface area contributed by atoms with Crippen molar-refractivity contribution in [1.82, 2.24) is 15.2 Å². The van der Waals surface area contributed by atoms with Crippen LogP contribution >= 0.6 is 0 Å². The van der Waals surface area contributed by atoms with E-state index in [9.17, 15) is 23.2 Å². The number of allylic oxidation sites excluding steroid dienone is 1. The standard InChI is InChI=1S/C18H17F2NO3.C15H19N3O/c1-10-4-3-5-11(2)17(10)12-6-13(18(20)14(19)7-12)15(21-9-22)8-16(23)24;1-15(2)11-8-18(9-12(11)15)14(19)13-6-5-10(17-13)4-3-7-16/h3-7,9,15H,8H2,1-2H3,(H,21,22)(H,23,24);3-7,11-12,16-17H,8-9H2,1-2H3/b;4-3-,16-7?. The average molecular weight is 591 g/mol. The number of H-pyrrole nitrogens is 1. The maximum Gasteiger partial charge on any atom is 0.305 e. The first-order valence-electron chi connectivity index (χ1n) is 14.0. The molecular weight excluding hydrogens is 554 g/mol. The fourth-order valence-electron chi connectivity index (χ4n) is 6.05. The molecule has 3 aromatic rings. The number of aliphatic carboxylic acids is 1. The Morgan fingerprint density at radius 3 is 2.37 bits per heavy atom. The molecule has 0 bridgehead atoms. The third-order valence-corrected chi connectivity index (χ3v) is 8.57. The Hall–Kier alpha value is -4.60. The number of piperidine rings is 1. The number of amides is 2. The molecule has 1 aliphatic heterocycles. The van der Waals surface area contributed by atoms with Crippen LogP contribution in [0.3, 0.4) is 0 Å².